The monoisotopic (exact) mass is 259 g/mol. The third kappa shape index (κ3) is 5.37. The molecular weight excluding hydrogens is 243 g/mol. The predicted octanol–water partition coefficient (Wildman–Crippen LogP) is 2.77. The molecule has 1 fully saturated rings. The zero-order valence-corrected chi connectivity index (χ0v) is 9.78. The lowest BCUT2D eigenvalue weighted by Gasteiger charge is -2.17. The predicted molar refractivity (Wildman–Crippen MR) is 56.4 cm³/mol. The molecule has 0 aromatic rings. The highest BCUT2D eigenvalue weighted by Crippen LogP contribution is 2.31. The zero-order valence-electron chi connectivity index (χ0n) is 9.02. The quantitative estimate of drug-likeness (QED) is 0.585. The van der Waals surface area contributed by atoms with E-state index in [-0.39, 0.29) is 13.2 Å². The highest BCUT2D eigenvalue weighted by atomic mass is 35.5. The molecule has 0 aromatic heterocycles. The molecule has 1 N–H and O–H groups in total. The summed E-state index contributed by atoms with van der Waals surface area (Å²) in [5, 5.41) is 2.98. The molecule has 1 aliphatic carbocycles. The second-order valence-electron chi connectivity index (χ2n) is 4.10. The summed E-state index contributed by atoms with van der Waals surface area (Å²) in [6.07, 6.45) is -1.10. The van der Waals surface area contributed by atoms with Crippen LogP contribution in [0.5, 0.6) is 0 Å². The third-order valence-corrected chi connectivity index (χ3v) is 3.36. The van der Waals surface area contributed by atoms with Gasteiger partial charge in [-0.25, -0.2) is 0 Å². The van der Waals surface area contributed by atoms with Gasteiger partial charge < -0.3 is 5.32 Å². The maximum Gasteiger partial charge on any atom is 0.522 e. The highest BCUT2D eigenvalue weighted by Gasteiger charge is 2.29. The van der Waals surface area contributed by atoms with Gasteiger partial charge in [-0.2, -0.15) is 0 Å². The lowest BCUT2D eigenvalue weighted by atomic mass is 9.98. The summed E-state index contributed by atoms with van der Waals surface area (Å²) < 4.78 is 38.6. The molecule has 0 radical (unpaired) electrons. The van der Waals surface area contributed by atoms with Crippen LogP contribution in [-0.2, 0) is 4.74 Å². The van der Waals surface area contributed by atoms with Crippen LogP contribution >= 0.6 is 11.6 Å². The Morgan fingerprint density at radius 3 is 2.56 bits per heavy atom. The molecule has 0 aromatic carbocycles. The molecule has 0 aliphatic heterocycles. The van der Waals surface area contributed by atoms with Crippen molar-refractivity contribution in [2.45, 2.75) is 25.6 Å². The highest BCUT2D eigenvalue weighted by molar-refractivity contribution is 6.18. The van der Waals surface area contributed by atoms with E-state index >= 15 is 0 Å². The minimum atomic E-state index is -4.52. The zero-order chi connectivity index (χ0) is 12.0. The minimum absolute atomic E-state index is 0.227. The topological polar surface area (TPSA) is 21.3 Å². The van der Waals surface area contributed by atoms with Crippen LogP contribution in [0.15, 0.2) is 0 Å². The molecule has 0 spiro atoms. The van der Waals surface area contributed by atoms with Crippen LogP contribution in [0.1, 0.15) is 19.3 Å². The van der Waals surface area contributed by atoms with E-state index < -0.39 is 6.36 Å². The number of hydrogen-bond donors (Lipinski definition) is 1. The van der Waals surface area contributed by atoms with Crippen molar-refractivity contribution in [2.24, 2.45) is 11.8 Å². The van der Waals surface area contributed by atoms with Crippen molar-refractivity contribution < 1.29 is 17.9 Å². The molecule has 2 nitrogen and oxygen atoms in total. The summed E-state index contributed by atoms with van der Waals surface area (Å²) in [7, 11) is 0. The molecule has 96 valence electrons. The van der Waals surface area contributed by atoms with Crippen molar-refractivity contribution >= 4 is 11.6 Å². The summed E-state index contributed by atoms with van der Waals surface area (Å²) in [6.45, 7) is 0.630. The molecule has 2 atom stereocenters. The number of alkyl halides is 4. The van der Waals surface area contributed by atoms with E-state index in [1.54, 1.807) is 0 Å². The lowest BCUT2D eigenvalue weighted by molar-refractivity contribution is -0.323. The molecule has 0 saturated heterocycles. The van der Waals surface area contributed by atoms with Gasteiger partial charge in [0.15, 0.2) is 0 Å². The Kier molecular flexibility index (Phi) is 5.86. The molecule has 2 unspecified atom stereocenters. The first-order valence-corrected chi connectivity index (χ1v) is 6.03. The van der Waals surface area contributed by atoms with E-state index in [0.717, 1.165) is 19.4 Å². The van der Waals surface area contributed by atoms with Gasteiger partial charge in [-0.3, -0.25) is 4.74 Å². The van der Waals surface area contributed by atoms with Crippen LogP contribution < -0.4 is 5.32 Å². The number of ether oxygens (including phenoxy) is 1. The number of nitrogens with one attached hydrogen (secondary N) is 1. The van der Waals surface area contributed by atoms with E-state index in [1.165, 1.54) is 6.42 Å². The standard InChI is InChI=1S/C10H17ClF3NO/c11-6-8-2-1-3-9(8)7-15-4-5-16-10(12,13)14/h8-9,15H,1-7H2. The van der Waals surface area contributed by atoms with Gasteiger partial charge in [-0.15, -0.1) is 24.8 Å². The summed E-state index contributed by atoms with van der Waals surface area (Å²) in [6, 6.07) is 0. The molecule has 0 amide bonds. The van der Waals surface area contributed by atoms with Crippen molar-refractivity contribution in [3.8, 4) is 0 Å². The van der Waals surface area contributed by atoms with Crippen molar-refractivity contribution in [1.82, 2.24) is 5.32 Å². The number of hydrogen-bond acceptors (Lipinski definition) is 2. The minimum Gasteiger partial charge on any atom is -0.314 e. The second kappa shape index (κ2) is 6.67. The van der Waals surface area contributed by atoms with Gasteiger partial charge in [-0.05, 0) is 31.2 Å². The van der Waals surface area contributed by atoms with Gasteiger partial charge in [0.25, 0.3) is 0 Å². The van der Waals surface area contributed by atoms with Gasteiger partial charge in [0.05, 0.1) is 6.61 Å². The SMILES string of the molecule is FC(F)(F)OCCNCC1CCCC1CCl. The smallest absolute Gasteiger partial charge is 0.314 e. The van der Waals surface area contributed by atoms with Crippen molar-refractivity contribution in [3.05, 3.63) is 0 Å². The van der Waals surface area contributed by atoms with E-state index in [0.29, 0.717) is 17.7 Å². The van der Waals surface area contributed by atoms with Gasteiger partial charge in [0.2, 0.25) is 0 Å². The fourth-order valence-corrected chi connectivity index (χ4v) is 2.52. The summed E-state index contributed by atoms with van der Waals surface area (Å²) >= 11 is 5.80. The molecule has 6 heteroatoms. The lowest BCUT2D eigenvalue weighted by Crippen LogP contribution is -2.30. The maximum atomic E-state index is 11.6. The molecule has 1 saturated carbocycles. The largest absolute Gasteiger partial charge is 0.522 e. The normalized spacial score (nSPS) is 26.2. The van der Waals surface area contributed by atoms with E-state index in [4.69, 9.17) is 11.6 Å². The number of halogens is 4. The van der Waals surface area contributed by atoms with Gasteiger partial charge >= 0.3 is 6.36 Å². The average molecular weight is 260 g/mol. The first-order chi connectivity index (χ1) is 7.53. The number of rotatable bonds is 6. The van der Waals surface area contributed by atoms with Crippen LogP contribution in [0.25, 0.3) is 0 Å². The molecule has 1 aliphatic rings. The average Bonchev–Trinajstić information content (AvgIpc) is 2.63. The van der Waals surface area contributed by atoms with Gasteiger partial charge in [0.1, 0.15) is 0 Å². The Hall–Kier alpha value is 0. The molecule has 0 heterocycles. The van der Waals surface area contributed by atoms with E-state index in [2.05, 4.69) is 10.1 Å². The van der Waals surface area contributed by atoms with Gasteiger partial charge in [0, 0.05) is 12.4 Å². The summed E-state index contributed by atoms with van der Waals surface area (Å²) in [5.41, 5.74) is 0. The van der Waals surface area contributed by atoms with E-state index in [1.807, 2.05) is 0 Å². The summed E-state index contributed by atoms with van der Waals surface area (Å²) in [4.78, 5) is 0. The van der Waals surface area contributed by atoms with Crippen LogP contribution in [0.2, 0.25) is 0 Å². The third-order valence-electron chi connectivity index (χ3n) is 2.97. The Morgan fingerprint density at radius 1 is 1.25 bits per heavy atom. The molecule has 16 heavy (non-hydrogen) atoms. The Labute approximate surface area is 98.5 Å². The first-order valence-electron chi connectivity index (χ1n) is 5.50. The maximum absolute atomic E-state index is 11.6. The first kappa shape index (κ1) is 14.1. The van der Waals surface area contributed by atoms with Crippen LogP contribution in [-0.4, -0.2) is 31.9 Å². The Morgan fingerprint density at radius 2 is 1.94 bits per heavy atom. The van der Waals surface area contributed by atoms with Gasteiger partial charge in [-0.1, -0.05) is 6.42 Å². The second-order valence-corrected chi connectivity index (χ2v) is 4.41. The summed E-state index contributed by atoms with van der Waals surface area (Å²) in [5.74, 6) is 1.66. The fraction of sp³-hybridized carbons (Fsp3) is 1.00. The Bertz CT molecular complexity index is 201. The Balaban J connectivity index is 2.03. The van der Waals surface area contributed by atoms with Crippen LogP contribution in [0, 0.1) is 11.8 Å². The van der Waals surface area contributed by atoms with Crippen molar-refractivity contribution in [2.75, 3.05) is 25.6 Å². The van der Waals surface area contributed by atoms with Crippen molar-refractivity contribution in [3.63, 3.8) is 0 Å². The fourth-order valence-electron chi connectivity index (χ4n) is 2.11. The van der Waals surface area contributed by atoms with Crippen LogP contribution in [0.4, 0.5) is 13.2 Å². The molecular formula is C10H17ClF3NO. The van der Waals surface area contributed by atoms with Crippen LogP contribution in [0.3, 0.4) is 0 Å². The molecule has 1 rings (SSSR count). The van der Waals surface area contributed by atoms with E-state index in [9.17, 15) is 13.2 Å². The van der Waals surface area contributed by atoms with Crippen molar-refractivity contribution in [1.29, 1.82) is 0 Å². The molecule has 0 bridgehead atoms.